The molecule has 0 bridgehead atoms. The fraction of sp³-hybridized carbons (Fsp3) is 0.862. The van der Waals surface area contributed by atoms with Crippen LogP contribution < -0.4 is 10.6 Å². The van der Waals surface area contributed by atoms with Crippen molar-refractivity contribution >= 4 is 0 Å². The molecule has 3 heteroatoms. The monoisotopic (exact) mass is 449 g/mol. The van der Waals surface area contributed by atoms with E-state index in [0.29, 0.717) is 11.3 Å². The third-order valence-electron chi connectivity index (χ3n) is 6.99. The van der Waals surface area contributed by atoms with Gasteiger partial charge in [0, 0.05) is 26.2 Å². The average molecular weight is 450 g/mol. The van der Waals surface area contributed by atoms with E-state index in [-0.39, 0.29) is 0 Å². The number of likely N-dealkylation sites (N-methyl/N-ethyl adjacent to an activating group) is 1. The molecule has 2 rings (SSSR count). The molecule has 0 aromatic heterocycles. The van der Waals surface area contributed by atoms with Crippen molar-refractivity contribution < 1.29 is 0 Å². The van der Waals surface area contributed by atoms with E-state index in [4.69, 9.17) is 0 Å². The minimum Gasteiger partial charge on any atom is -0.373 e. The van der Waals surface area contributed by atoms with E-state index < -0.39 is 0 Å². The molecule has 2 aliphatic rings. The highest BCUT2D eigenvalue weighted by Crippen LogP contribution is 2.51. The highest BCUT2D eigenvalue weighted by atomic mass is 15.3. The van der Waals surface area contributed by atoms with Gasteiger partial charge in [0.1, 0.15) is 0 Å². The maximum Gasteiger partial charge on any atom is 0.0938 e. The van der Waals surface area contributed by atoms with Crippen molar-refractivity contribution in [2.24, 2.45) is 23.2 Å². The molecule has 32 heavy (non-hydrogen) atoms. The number of nitrogens with zero attached hydrogens (tertiary/aromatic N) is 1. The average Bonchev–Trinajstić information content (AvgIpc) is 3.19. The van der Waals surface area contributed by atoms with Gasteiger partial charge in [-0.1, -0.05) is 86.0 Å². The second kappa shape index (κ2) is 17.5. The molecule has 2 fully saturated rings. The van der Waals surface area contributed by atoms with E-state index in [0.717, 1.165) is 30.7 Å². The fourth-order valence-corrected chi connectivity index (χ4v) is 5.60. The van der Waals surface area contributed by atoms with Crippen molar-refractivity contribution in [2.75, 3.05) is 33.2 Å². The van der Waals surface area contributed by atoms with Crippen molar-refractivity contribution in [1.29, 1.82) is 0 Å². The molecule has 2 N–H and O–H groups in total. The number of hydrogen-bond donors (Lipinski definition) is 2. The minimum atomic E-state index is 0.664. The molecule has 1 aliphatic carbocycles. The smallest absolute Gasteiger partial charge is 0.0938 e. The molecular weight excluding hydrogens is 390 g/mol. The topological polar surface area (TPSA) is 27.3 Å². The molecule has 1 saturated heterocycles. The van der Waals surface area contributed by atoms with Gasteiger partial charge >= 0.3 is 0 Å². The van der Waals surface area contributed by atoms with Gasteiger partial charge in [-0.3, -0.25) is 0 Å². The summed E-state index contributed by atoms with van der Waals surface area (Å²) in [6.07, 6.45) is 13.4. The van der Waals surface area contributed by atoms with Gasteiger partial charge in [0.15, 0.2) is 0 Å². The maximum atomic E-state index is 4.08. The van der Waals surface area contributed by atoms with E-state index in [1.807, 2.05) is 20.9 Å². The highest BCUT2D eigenvalue weighted by Gasteiger charge is 2.46. The fourth-order valence-electron chi connectivity index (χ4n) is 5.60. The first-order chi connectivity index (χ1) is 15.3. The van der Waals surface area contributed by atoms with Crippen LogP contribution in [-0.2, 0) is 0 Å². The number of likely N-dealkylation sites (tertiary alicyclic amines) is 1. The Balaban J connectivity index is 0.000000559. The molecule has 1 saturated carbocycles. The molecule has 0 radical (unpaired) electrons. The van der Waals surface area contributed by atoms with Crippen molar-refractivity contribution in [3.05, 3.63) is 24.0 Å². The van der Waals surface area contributed by atoms with Gasteiger partial charge in [-0.25, -0.2) is 0 Å². The van der Waals surface area contributed by atoms with Gasteiger partial charge in [-0.15, -0.1) is 0 Å². The molecule has 1 aliphatic heterocycles. The van der Waals surface area contributed by atoms with Gasteiger partial charge in [-0.05, 0) is 69.2 Å². The summed E-state index contributed by atoms with van der Waals surface area (Å²) in [5.74, 6) is 3.60. The number of nitrogens with one attached hydrogen (secondary N) is 2. The van der Waals surface area contributed by atoms with E-state index in [1.165, 1.54) is 64.5 Å². The Kier molecular flexibility index (Phi) is 17.0. The summed E-state index contributed by atoms with van der Waals surface area (Å²) < 4.78 is 0. The first-order valence-electron chi connectivity index (χ1n) is 13.8. The van der Waals surface area contributed by atoms with Crippen LogP contribution in [0.1, 0.15) is 107 Å². The van der Waals surface area contributed by atoms with Crippen molar-refractivity contribution in [3.8, 4) is 0 Å². The summed E-state index contributed by atoms with van der Waals surface area (Å²) >= 11 is 0. The van der Waals surface area contributed by atoms with Crippen molar-refractivity contribution in [1.82, 2.24) is 15.5 Å². The lowest BCUT2D eigenvalue weighted by molar-refractivity contribution is 0.0784. The summed E-state index contributed by atoms with van der Waals surface area (Å²) in [5.41, 5.74) is 2.34. The summed E-state index contributed by atoms with van der Waals surface area (Å²) in [6, 6.07) is 0. The Labute approximate surface area is 202 Å². The Hall–Kier alpha value is -0.960. The molecule has 0 aromatic rings. The van der Waals surface area contributed by atoms with Gasteiger partial charge in [0.2, 0.25) is 0 Å². The predicted octanol–water partition coefficient (Wildman–Crippen LogP) is 7.61. The van der Waals surface area contributed by atoms with Crippen LogP contribution >= 0.6 is 0 Å². The number of rotatable bonds is 12. The highest BCUT2D eigenvalue weighted by molar-refractivity contribution is 5.10. The zero-order chi connectivity index (χ0) is 24.6. The molecule has 1 spiro atoms. The first-order valence-corrected chi connectivity index (χ1v) is 13.8. The van der Waals surface area contributed by atoms with Crippen LogP contribution in [-0.4, -0.2) is 38.1 Å². The number of unbranched alkanes of at least 4 members (excludes halogenated alkanes) is 1. The zero-order valence-corrected chi connectivity index (χ0v) is 23.4. The van der Waals surface area contributed by atoms with Crippen LogP contribution in [0.2, 0.25) is 0 Å². The van der Waals surface area contributed by atoms with E-state index in [2.05, 4.69) is 69.7 Å². The van der Waals surface area contributed by atoms with Crippen LogP contribution in [0.3, 0.4) is 0 Å². The summed E-state index contributed by atoms with van der Waals surface area (Å²) in [7, 11) is 2.02. The Morgan fingerprint density at radius 1 is 1.12 bits per heavy atom. The lowest BCUT2D eigenvalue weighted by Gasteiger charge is -2.43. The van der Waals surface area contributed by atoms with Crippen LogP contribution in [0.15, 0.2) is 24.0 Å². The van der Waals surface area contributed by atoms with Gasteiger partial charge in [-0.2, -0.15) is 0 Å². The van der Waals surface area contributed by atoms with Crippen LogP contribution in [0.5, 0.6) is 0 Å². The minimum absolute atomic E-state index is 0.664. The van der Waals surface area contributed by atoms with Crippen LogP contribution in [0.4, 0.5) is 0 Å². The van der Waals surface area contributed by atoms with Gasteiger partial charge < -0.3 is 15.5 Å². The number of allylic oxidation sites excluding steroid dienone is 1. The SMILES string of the molecule is C=C(NCC)N1CCC2(CC(C)C2)C1.CC.CCCCC(CCC)/C(=C/CNC)C(C)C. The molecule has 190 valence electrons. The molecule has 3 nitrogen and oxygen atoms in total. The molecule has 0 amide bonds. The maximum absolute atomic E-state index is 4.08. The zero-order valence-electron chi connectivity index (χ0n) is 23.4. The molecule has 0 aromatic carbocycles. The lowest BCUT2D eigenvalue weighted by Crippen LogP contribution is -2.39. The third-order valence-corrected chi connectivity index (χ3v) is 6.99. The largest absolute Gasteiger partial charge is 0.373 e. The first kappa shape index (κ1) is 31.0. The summed E-state index contributed by atoms with van der Waals surface area (Å²) in [6.45, 7) is 26.3. The molecular formula is C29H59N3. The predicted molar refractivity (Wildman–Crippen MR) is 146 cm³/mol. The Morgan fingerprint density at radius 2 is 1.78 bits per heavy atom. The Bertz CT molecular complexity index is 503. The quantitative estimate of drug-likeness (QED) is 0.300. The van der Waals surface area contributed by atoms with Crippen LogP contribution in [0, 0.1) is 23.2 Å². The molecule has 1 atom stereocenters. The third kappa shape index (κ3) is 10.8. The van der Waals surface area contributed by atoms with E-state index in [1.54, 1.807) is 5.57 Å². The van der Waals surface area contributed by atoms with Crippen molar-refractivity contribution in [3.63, 3.8) is 0 Å². The normalized spacial score (nSPS) is 23.1. The van der Waals surface area contributed by atoms with Gasteiger partial charge in [0.25, 0.3) is 0 Å². The summed E-state index contributed by atoms with van der Waals surface area (Å²) in [4.78, 5) is 2.43. The summed E-state index contributed by atoms with van der Waals surface area (Å²) in [5, 5.41) is 6.55. The molecule has 1 heterocycles. The lowest BCUT2D eigenvalue weighted by atomic mass is 9.62. The second-order valence-corrected chi connectivity index (χ2v) is 10.2. The Morgan fingerprint density at radius 3 is 2.25 bits per heavy atom. The van der Waals surface area contributed by atoms with E-state index >= 15 is 0 Å². The van der Waals surface area contributed by atoms with Crippen molar-refractivity contribution in [2.45, 2.75) is 107 Å². The van der Waals surface area contributed by atoms with Gasteiger partial charge in [0.05, 0.1) is 5.82 Å². The van der Waals surface area contributed by atoms with Crippen LogP contribution in [0.25, 0.3) is 0 Å². The second-order valence-electron chi connectivity index (χ2n) is 10.2. The molecule has 1 unspecified atom stereocenters. The standard InChI is InChI=1S/C15H31N.C12H22N2.C2H6/c1-6-8-10-14(9-7-2)15(13(3)4)11-12-16-5;1-4-13-11(3)14-6-5-12(9-14)7-10(2)8-12;1-2/h11,13-14,16H,6-10,12H2,1-5H3;10,13H,3-9H2,1-2H3;1-2H3/b15-11+;;. The van der Waals surface area contributed by atoms with E-state index in [9.17, 15) is 0 Å². The number of hydrogen-bond acceptors (Lipinski definition) is 3.